The maximum atomic E-state index is 11.4. The molecule has 0 aromatic carbocycles. The summed E-state index contributed by atoms with van der Waals surface area (Å²) in [6.07, 6.45) is 4.15. The van der Waals surface area contributed by atoms with Gasteiger partial charge in [-0.25, -0.2) is 4.79 Å². The van der Waals surface area contributed by atoms with Crippen molar-refractivity contribution in [3.05, 3.63) is 17.7 Å². The predicted molar refractivity (Wildman–Crippen MR) is 70.0 cm³/mol. The Balaban J connectivity index is 1.99. The van der Waals surface area contributed by atoms with Crippen molar-refractivity contribution >= 4 is 11.8 Å². The molecule has 18 heavy (non-hydrogen) atoms. The molecule has 0 radical (unpaired) electrons. The molecule has 2 heterocycles. The van der Waals surface area contributed by atoms with Gasteiger partial charge in [-0.05, 0) is 24.5 Å². The first kappa shape index (κ1) is 12.7. The van der Waals surface area contributed by atoms with Crippen LogP contribution in [0.15, 0.2) is 12.1 Å². The molecule has 0 saturated carbocycles. The minimum Gasteiger partial charge on any atom is -0.478 e. The van der Waals surface area contributed by atoms with Crippen molar-refractivity contribution < 1.29 is 9.53 Å². The molecule has 1 aliphatic rings. The Bertz CT molecular complexity index is 421. The Morgan fingerprint density at radius 3 is 3.11 bits per heavy atom. The molecule has 1 aromatic heterocycles. The molecule has 0 bridgehead atoms. The van der Waals surface area contributed by atoms with Crippen LogP contribution < -0.4 is 15.4 Å². The summed E-state index contributed by atoms with van der Waals surface area (Å²) < 4.78 is 5.57. The number of fused-ring (bicyclic) bond motifs is 1. The zero-order valence-corrected chi connectivity index (χ0v) is 10.7. The Morgan fingerprint density at radius 1 is 1.39 bits per heavy atom. The number of nitrogens with zero attached hydrogens (tertiary/aromatic N) is 1. The quantitative estimate of drug-likeness (QED) is 0.787. The number of nitrogens with one attached hydrogen (secondary N) is 2. The van der Waals surface area contributed by atoms with Gasteiger partial charge >= 0.3 is 6.03 Å². The molecule has 0 saturated heterocycles. The third-order valence-corrected chi connectivity index (χ3v) is 2.86. The van der Waals surface area contributed by atoms with E-state index in [1.165, 1.54) is 6.42 Å². The van der Waals surface area contributed by atoms with Crippen molar-refractivity contribution in [2.75, 3.05) is 18.5 Å². The number of amides is 2. The van der Waals surface area contributed by atoms with E-state index in [1.54, 1.807) is 0 Å². The number of pyridine rings is 1. The van der Waals surface area contributed by atoms with Gasteiger partial charge in [-0.2, -0.15) is 4.98 Å². The minimum atomic E-state index is -0.204. The highest BCUT2D eigenvalue weighted by atomic mass is 16.5. The molecule has 98 valence electrons. The van der Waals surface area contributed by atoms with Crippen LogP contribution in [0.3, 0.4) is 0 Å². The lowest BCUT2D eigenvalue weighted by Gasteiger charge is -2.09. The second-order valence-electron chi connectivity index (χ2n) is 4.34. The minimum absolute atomic E-state index is 0.204. The van der Waals surface area contributed by atoms with Crippen LogP contribution in [0.25, 0.3) is 0 Å². The number of hydrogen-bond acceptors (Lipinski definition) is 3. The van der Waals surface area contributed by atoms with Crippen molar-refractivity contribution in [2.45, 2.75) is 32.6 Å². The lowest BCUT2D eigenvalue weighted by molar-refractivity contribution is 0.252. The number of urea groups is 1. The second kappa shape index (κ2) is 6.23. The van der Waals surface area contributed by atoms with Crippen molar-refractivity contribution in [2.24, 2.45) is 0 Å². The summed E-state index contributed by atoms with van der Waals surface area (Å²) >= 11 is 0. The highest BCUT2D eigenvalue weighted by Gasteiger charge is 2.13. The van der Waals surface area contributed by atoms with E-state index in [4.69, 9.17) is 4.74 Å². The van der Waals surface area contributed by atoms with Crippen LogP contribution in [-0.2, 0) is 6.42 Å². The molecule has 1 aliphatic heterocycles. The lowest BCUT2D eigenvalue weighted by Crippen LogP contribution is -2.27. The molecule has 5 heteroatoms. The van der Waals surface area contributed by atoms with Crippen molar-refractivity contribution in [1.29, 1.82) is 0 Å². The fourth-order valence-corrected chi connectivity index (χ4v) is 1.85. The number of carbonyl (C=O) groups excluding carboxylic acids is 1. The van der Waals surface area contributed by atoms with E-state index >= 15 is 0 Å². The van der Waals surface area contributed by atoms with Crippen molar-refractivity contribution in [3.8, 4) is 5.88 Å². The Kier molecular flexibility index (Phi) is 4.39. The summed E-state index contributed by atoms with van der Waals surface area (Å²) in [5.41, 5.74) is 1.04. The van der Waals surface area contributed by atoms with Gasteiger partial charge in [-0.3, -0.25) is 5.32 Å². The van der Waals surface area contributed by atoms with E-state index in [2.05, 4.69) is 22.5 Å². The van der Waals surface area contributed by atoms with Crippen molar-refractivity contribution in [1.82, 2.24) is 10.3 Å². The van der Waals surface area contributed by atoms with Crippen LogP contribution in [0, 0.1) is 0 Å². The standard InChI is InChI=1S/C13H19N3O2/c1-2-3-4-9-18-11-6-5-10-7-8-14-13(17)16-12(10)15-11/h5-6H,2-4,7-9H2,1H3,(H2,14,15,16,17). The van der Waals surface area contributed by atoms with E-state index in [0.717, 1.165) is 24.8 Å². The summed E-state index contributed by atoms with van der Waals surface area (Å²) in [6, 6.07) is 3.62. The summed E-state index contributed by atoms with van der Waals surface area (Å²) in [5.74, 6) is 1.19. The molecule has 0 spiro atoms. The maximum absolute atomic E-state index is 11.4. The van der Waals surface area contributed by atoms with Crippen LogP contribution >= 0.6 is 0 Å². The number of ether oxygens (including phenoxy) is 1. The van der Waals surface area contributed by atoms with Gasteiger partial charge in [-0.1, -0.05) is 19.8 Å². The number of rotatable bonds is 5. The number of anilines is 1. The Hall–Kier alpha value is -1.78. The molecule has 0 unspecified atom stereocenters. The largest absolute Gasteiger partial charge is 0.478 e. The number of aromatic nitrogens is 1. The molecular weight excluding hydrogens is 230 g/mol. The topological polar surface area (TPSA) is 63.2 Å². The van der Waals surface area contributed by atoms with Crippen LogP contribution in [-0.4, -0.2) is 24.2 Å². The predicted octanol–water partition coefficient (Wildman–Crippen LogP) is 2.33. The SMILES string of the molecule is CCCCCOc1ccc2c(n1)NC(=O)NCC2. The van der Waals surface area contributed by atoms with Gasteiger partial charge in [0.25, 0.3) is 0 Å². The summed E-state index contributed by atoms with van der Waals surface area (Å²) in [5, 5.41) is 5.46. The number of hydrogen-bond donors (Lipinski definition) is 2. The Morgan fingerprint density at radius 2 is 2.28 bits per heavy atom. The average molecular weight is 249 g/mol. The smallest absolute Gasteiger partial charge is 0.320 e. The molecule has 0 atom stereocenters. The van der Waals surface area contributed by atoms with Gasteiger partial charge in [-0.15, -0.1) is 0 Å². The summed E-state index contributed by atoms with van der Waals surface area (Å²) in [6.45, 7) is 3.46. The summed E-state index contributed by atoms with van der Waals surface area (Å²) in [7, 11) is 0. The molecule has 1 aromatic rings. The van der Waals surface area contributed by atoms with Crippen LogP contribution in [0.5, 0.6) is 5.88 Å². The van der Waals surface area contributed by atoms with E-state index in [0.29, 0.717) is 24.8 Å². The zero-order valence-electron chi connectivity index (χ0n) is 10.7. The molecule has 0 aliphatic carbocycles. The molecule has 2 rings (SSSR count). The first-order valence-corrected chi connectivity index (χ1v) is 6.47. The molecule has 5 nitrogen and oxygen atoms in total. The molecule has 0 fully saturated rings. The van der Waals surface area contributed by atoms with Gasteiger partial charge in [0, 0.05) is 12.6 Å². The van der Waals surface area contributed by atoms with E-state index < -0.39 is 0 Å². The second-order valence-corrected chi connectivity index (χ2v) is 4.34. The van der Waals surface area contributed by atoms with Crippen molar-refractivity contribution in [3.63, 3.8) is 0 Å². The molecule has 2 amide bonds. The van der Waals surface area contributed by atoms with E-state index in [1.807, 2.05) is 12.1 Å². The van der Waals surface area contributed by atoms with Gasteiger partial charge in [0.1, 0.15) is 5.82 Å². The third-order valence-electron chi connectivity index (χ3n) is 2.86. The van der Waals surface area contributed by atoms with Gasteiger partial charge < -0.3 is 10.1 Å². The van der Waals surface area contributed by atoms with E-state index in [-0.39, 0.29) is 6.03 Å². The maximum Gasteiger partial charge on any atom is 0.320 e. The van der Waals surface area contributed by atoms with Gasteiger partial charge in [0.15, 0.2) is 0 Å². The Labute approximate surface area is 107 Å². The summed E-state index contributed by atoms with van der Waals surface area (Å²) in [4.78, 5) is 15.7. The lowest BCUT2D eigenvalue weighted by atomic mass is 10.2. The van der Waals surface area contributed by atoms with Gasteiger partial charge in [0.05, 0.1) is 6.61 Å². The number of carbonyl (C=O) groups is 1. The zero-order chi connectivity index (χ0) is 12.8. The average Bonchev–Trinajstić information content (AvgIpc) is 2.55. The number of unbranched alkanes of at least 4 members (excludes halogenated alkanes) is 2. The molecular formula is C13H19N3O2. The van der Waals surface area contributed by atoms with Crippen LogP contribution in [0.1, 0.15) is 31.7 Å². The van der Waals surface area contributed by atoms with Crippen LogP contribution in [0.2, 0.25) is 0 Å². The van der Waals surface area contributed by atoms with Gasteiger partial charge in [0.2, 0.25) is 5.88 Å². The highest BCUT2D eigenvalue weighted by molar-refractivity contribution is 5.89. The fourth-order valence-electron chi connectivity index (χ4n) is 1.85. The first-order valence-electron chi connectivity index (χ1n) is 6.47. The third kappa shape index (κ3) is 3.35. The highest BCUT2D eigenvalue weighted by Crippen LogP contribution is 2.19. The van der Waals surface area contributed by atoms with E-state index in [9.17, 15) is 4.79 Å². The normalized spacial score (nSPS) is 14.2. The molecule has 2 N–H and O–H groups in total. The van der Waals surface area contributed by atoms with Crippen LogP contribution in [0.4, 0.5) is 10.6 Å². The fraction of sp³-hybridized carbons (Fsp3) is 0.538. The first-order chi connectivity index (χ1) is 8.79. The monoisotopic (exact) mass is 249 g/mol.